The number of nitrogens with zero attached hydrogens (tertiary/aromatic N) is 1. The number of aromatic nitrogens is 1. The summed E-state index contributed by atoms with van der Waals surface area (Å²) in [5.41, 5.74) is 3.12. The Morgan fingerprint density at radius 2 is 1.83 bits per heavy atom. The molecule has 2 N–H and O–H groups in total. The zero-order valence-corrected chi connectivity index (χ0v) is 13.6. The van der Waals surface area contributed by atoms with E-state index in [0.29, 0.717) is 22.8 Å². The van der Waals surface area contributed by atoms with E-state index in [1.165, 1.54) is 12.1 Å². The van der Waals surface area contributed by atoms with Crippen LogP contribution in [-0.4, -0.2) is 20.2 Å². The van der Waals surface area contributed by atoms with Crippen molar-refractivity contribution in [2.75, 3.05) is 6.79 Å². The Bertz CT molecular complexity index is 1080. The molecule has 0 bridgehead atoms. The van der Waals surface area contributed by atoms with Crippen LogP contribution in [0.5, 0.6) is 11.5 Å². The van der Waals surface area contributed by atoms with Crippen LogP contribution in [-0.2, 0) is 10.0 Å². The molecule has 2 heterocycles. The highest BCUT2D eigenvalue weighted by Crippen LogP contribution is 2.37. The summed E-state index contributed by atoms with van der Waals surface area (Å²) in [4.78, 5) is 4.70. The molecule has 1 aromatic heterocycles. The standard InChI is InChI=1S/C17H14N2O4S/c1-10-5-14(11-3-2-4-12(6-11)24(18,20)21)19-15-8-17-16(7-13(10)15)22-9-23-17/h2-8H,9H2,1H3,(H2,18,20,21). The van der Waals surface area contributed by atoms with Gasteiger partial charge in [0.05, 0.1) is 16.1 Å². The van der Waals surface area contributed by atoms with Gasteiger partial charge in [-0.3, -0.25) is 0 Å². The van der Waals surface area contributed by atoms with Gasteiger partial charge in [0.1, 0.15) is 0 Å². The third-order valence-electron chi connectivity index (χ3n) is 3.97. The van der Waals surface area contributed by atoms with Gasteiger partial charge in [-0.1, -0.05) is 12.1 Å². The molecule has 6 nitrogen and oxygen atoms in total. The molecule has 122 valence electrons. The molecule has 3 aromatic rings. The van der Waals surface area contributed by atoms with Crippen molar-refractivity contribution in [3.05, 3.63) is 48.0 Å². The fourth-order valence-electron chi connectivity index (χ4n) is 2.76. The van der Waals surface area contributed by atoms with E-state index in [2.05, 4.69) is 4.98 Å². The molecule has 1 aliphatic rings. The van der Waals surface area contributed by atoms with Crippen LogP contribution in [0.1, 0.15) is 5.56 Å². The number of nitrogens with two attached hydrogens (primary N) is 1. The van der Waals surface area contributed by atoms with Crippen molar-refractivity contribution >= 4 is 20.9 Å². The molecule has 24 heavy (non-hydrogen) atoms. The Balaban J connectivity index is 1.90. The van der Waals surface area contributed by atoms with Gasteiger partial charge in [-0.2, -0.15) is 0 Å². The summed E-state index contributed by atoms with van der Waals surface area (Å²) in [5, 5.41) is 6.17. The van der Waals surface area contributed by atoms with E-state index in [4.69, 9.17) is 14.6 Å². The normalized spacial score (nSPS) is 13.4. The molecule has 7 heteroatoms. The van der Waals surface area contributed by atoms with E-state index in [1.807, 2.05) is 25.1 Å². The summed E-state index contributed by atoms with van der Waals surface area (Å²) in [7, 11) is -3.76. The Morgan fingerprint density at radius 1 is 1.08 bits per heavy atom. The molecular weight excluding hydrogens is 328 g/mol. The van der Waals surface area contributed by atoms with Crippen LogP contribution in [0, 0.1) is 6.92 Å². The molecule has 0 spiro atoms. The van der Waals surface area contributed by atoms with Crippen LogP contribution in [0.15, 0.2) is 47.4 Å². The molecule has 0 atom stereocenters. The number of hydrogen-bond acceptors (Lipinski definition) is 5. The third-order valence-corrected chi connectivity index (χ3v) is 4.88. The lowest BCUT2D eigenvalue weighted by molar-refractivity contribution is 0.174. The number of benzene rings is 2. The number of hydrogen-bond donors (Lipinski definition) is 1. The van der Waals surface area contributed by atoms with E-state index < -0.39 is 10.0 Å². The molecule has 1 aliphatic heterocycles. The van der Waals surface area contributed by atoms with Crippen LogP contribution in [0.25, 0.3) is 22.2 Å². The second kappa shape index (κ2) is 5.19. The first-order valence-corrected chi connectivity index (χ1v) is 8.81. The topological polar surface area (TPSA) is 91.5 Å². The van der Waals surface area contributed by atoms with E-state index in [1.54, 1.807) is 12.1 Å². The smallest absolute Gasteiger partial charge is 0.238 e. The molecule has 0 saturated heterocycles. The highest BCUT2D eigenvalue weighted by Gasteiger charge is 2.17. The minimum absolute atomic E-state index is 0.0604. The van der Waals surface area contributed by atoms with Gasteiger partial charge >= 0.3 is 0 Å². The Morgan fingerprint density at radius 3 is 2.58 bits per heavy atom. The quantitative estimate of drug-likeness (QED) is 0.773. The van der Waals surface area contributed by atoms with Gasteiger partial charge in [0.2, 0.25) is 16.8 Å². The number of pyridine rings is 1. The zero-order valence-electron chi connectivity index (χ0n) is 12.8. The fourth-order valence-corrected chi connectivity index (χ4v) is 3.32. The summed E-state index contributed by atoms with van der Waals surface area (Å²) in [6.07, 6.45) is 0. The minimum Gasteiger partial charge on any atom is -0.454 e. The van der Waals surface area contributed by atoms with Crippen LogP contribution in [0.2, 0.25) is 0 Å². The Labute approximate surface area is 138 Å². The number of primary sulfonamides is 1. The number of rotatable bonds is 2. The first-order valence-electron chi connectivity index (χ1n) is 7.26. The minimum atomic E-state index is -3.76. The van der Waals surface area contributed by atoms with Crippen molar-refractivity contribution in [1.82, 2.24) is 4.98 Å². The summed E-state index contributed by atoms with van der Waals surface area (Å²) in [6, 6.07) is 12.1. The number of aryl methyl sites for hydroxylation is 1. The predicted molar refractivity (Wildman–Crippen MR) is 89.4 cm³/mol. The zero-order chi connectivity index (χ0) is 16.9. The Kier molecular flexibility index (Phi) is 3.22. The molecular formula is C17H14N2O4S. The average molecular weight is 342 g/mol. The highest BCUT2D eigenvalue weighted by molar-refractivity contribution is 7.89. The second-order valence-corrected chi connectivity index (χ2v) is 7.18. The average Bonchev–Trinajstić information content (AvgIpc) is 3.00. The van der Waals surface area contributed by atoms with Gasteiger partial charge in [0.15, 0.2) is 11.5 Å². The molecule has 0 saturated carbocycles. The van der Waals surface area contributed by atoms with Gasteiger partial charge < -0.3 is 9.47 Å². The largest absolute Gasteiger partial charge is 0.454 e. The first kappa shape index (κ1) is 14.9. The first-order chi connectivity index (χ1) is 11.4. The lowest BCUT2D eigenvalue weighted by atomic mass is 10.0. The van der Waals surface area contributed by atoms with E-state index in [9.17, 15) is 8.42 Å². The Hall–Kier alpha value is -2.64. The van der Waals surface area contributed by atoms with Gasteiger partial charge in [0, 0.05) is 17.0 Å². The number of fused-ring (bicyclic) bond motifs is 2. The lowest BCUT2D eigenvalue weighted by Gasteiger charge is -2.09. The van der Waals surface area contributed by atoms with E-state index >= 15 is 0 Å². The van der Waals surface area contributed by atoms with Crippen LogP contribution < -0.4 is 14.6 Å². The van der Waals surface area contributed by atoms with Gasteiger partial charge in [-0.15, -0.1) is 0 Å². The second-order valence-electron chi connectivity index (χ2n) is 5.62. The van der Waals surface area contributed by atoms with Crippen molar-refractivity contribution in [2.45, 2.75) is 11.8 Å². The molecule has 0 amide bonds. The van der Waals surface area contributed by atoms with Crippen molar-refractivity contribution < 1.29 is 17.9 Å². The summed E-state index contributed by atoms with van der Waals surface area (Å²) in [5.74, 6) is 1.36. The van der Waals surface area contributed by atoms with Crippen LogP contribution in [0.4, 0.5) is 0 Å². The van der Waals surface area contributed by atoms with Crippen molar-refractivity contribution in [2.24, 2.45) is 5.14 Å². The number of sulfonamides is 1. The van der Waals surface area contributed by atoms with Crippen molar-refractivity contribution in [1.29, 1.82) is 0 Å². The summed E-state index contributed by atoms with van der Waals surface area (Å²) < 4.78 is 33.9. The fraction of sp³-hybridized carbons (Fsp3) is 0.118. The molecule has 0 radical (unpaired) electrons. The third kappa shape index (κ3) is 2.47. The molecule has 0 unspecified atom stereocenters. The summed E-state index contributed by atoms with van der Waals surface area (Å²) >= 11 is 0. The van der Waals surface area contributed by atoms with E-state index in [0.717, 1.165) is 16.5 Å². The number of ether oxygens (including phenoxy) is 2. The molecule has 2 aromatic carbocycles. The maximum Gasteiger partial charge on any atom is 0.238 e. The van der Waals surface area contributed by atoms with Crippen LogP contribution >= 0.6 is 0 Å². The lowest BCUT2D eigenvalue weighted by Crippen LogP contribution is -2.11. The van der Waals surface area contributed by atoms with Crippen LogP contribution in [0.3, 0.4) is 0 Å². The van der Waals surface area contributed by atoms with Crippen molar-refractivity contribution in [3.8, 4) is 22.8 Å². The maximum atomic E-state index is 11.6. The van der Waals surface area contributed by atoms with Crippen molar-refractivity contribution in [3.63, 3.8) is 0 Å². The highest BCUT2D eigenvalue weighted by atomic mass is 32.2. The monoisotopic (exact) mass is 342 g/mol. The molecule has 4 rings (SSSR count). The van der Waals surface area contributed by atoms with Gasteiger partial charge in [-0.25, -0.2) is 18.5 Å². The SMILES string of the molecule is Cc1cc(-c2cccc(S(N)(=O)=O)c2)nc2cc3c(cc12)OCO3. The predicted octanol–water partition coefficient (Wildman–Crippen LogP) is 2.59. The molecule has 0 fully saturated rings. The van der Waals surface area contributed by atoms with Gasteiger partial charge in [0.25, 0.3) is 0 Å². The van der Waals surface area contributed by atoms with Gasteiger partial charge in [-0.05, 0) is 36.8 Å². The summed E-state index contributed by atoms with van der Waals surface area (Å²) in [6.45, 7) is 2.17. The molecule has 0 aliphatic carbocycles. The maximum absolute atomic E-state index is 11.6. The van der Waals surface area contributed by atoms with E-state index in [-0.39, 0.29) is 11.7 Å².